The molecule has 0 heterocycles. The zero-order valence-electron chi connectivity index (χ0n) is 17.8. The van der Waals surface area contributed by atoms with Crippen LogP contribution >= 0.6 is 0 Å². The summed E-state index contributed by atoms with van der Waals surface area (Å²) < 4.78 is 0. The van der Waals surface area contributed by atoms with Gasteiger partial charge in [-0.05, 0) is 72.2 Å². The van der Waals surface area contributed by atoms with Crippen LogP contribution in [0.5, 0.6) is 0 Å². The third-order valence-corrected chi connectivity index (χ3v) is 6.46. The molecule has 1 heteroatoms. The van der Waals surface area contributed by atoms with Gasteiger partial charge in [0.25, 0.3) is 0 Å². The quantitative estimate of drug-likeness (QED) is 0.376. The van der Waals surface area contributed by atoms with Gasteiger partial charge in [0, 0.05) is 16.9 Å². The summed E-state index contributed by atoms with van der Waals surface area (Å²) in [5.41, 5.74) is 10.0. The fourth-order valence-corrected chi connectivity index (χ4v) is 5.00. The van der Waals surface area contributed by atoms with Gasteiger partial charge in [0.1, 0.15) is 0 Å². The molecule has 31 heavy (non-hydrogen) atoms. The third kappa shape index (κ3) is 3.57. The summed E-state index contributed by atoms with van der Waals surface area (Å²) in [6.07, 6.45) is 10.0. The van der Waals surface area contributed by atoms with Gasteiger partial charge in [-0.15, -0.1) is 0 Å². The van der Waals surface area contributed by atoms with Crippen molar-refractivity contribution in [3.05, 3.63) is 132 Å². The summed E-state index contributed by atoms with van der Waals surface area (Å²) in [4.78, 5) is 2.26. The van der Waals surface area contributed by atoms with Gasteiger partial charge >= 0.3 is 0 Å². The second kappa shape index (κ2) is 8.28. The molecule has 0 amide bonds. The van der Waals surface area contributed by atoms with Crippen LogP contribution in [-0.4, -0.2) is 0 Å². The number of fused-ring (bicyclic) bond motifs is 4. The number of benzene rings is 3. The molecule has 0 aliphatic heterocycles. The second-order valence-electron chi connectivity index (χ2n) is 8.30. The smallest absolute Gasteiger partial charge is 0.0533 e. The molecule has 1 saturated carbocycles. The van der Waals surface area contributed by atoms with Gasteiger partial charge in [0.05, 0.1) is 5.70 Å². The summed E-state index contributed by atoms with van der Waals surface area (Å²) in [6.45, 7) is 8.39. The third-order valence-electron chi connectivity index (χ3n) is 6.46. The molecule has 5 rings (SSSR count). The van der Waals surface area contributed by atoms with Crippen LogP contribution in [0.15, 0.2) is 115 Å². The first-order valence-electron chi connectivity index (χ1n) is 11.0. The van der Waals surface area contributed by atoms with E-state index in [-0.39, 0.29) is 0 Å². The monoisotopic (exact) mass is 401 g/mol. The fourth-order valence-electron chi connectivity index (χ4n) is 5.00. The van der Waals surface area contributed by atoms with Crippen molar-refractivity contribution in [2.24, 2.45) is 0 Å². The van der Waals surface area contributed by atoms with E-state index in [2.05, 4.69) is 90.9 Å². The molecule has 0 spiro atoms. The molecule has 2 aliphatic carbocycles. The van der Waals surface area contributed by atoms with Gasteiger partial charge in [0.2, 0.25) is 0 Å². The molecule has 2 aliphatic rings. The van der Waals surface area contributed by atoms with Crippen molar-refractivity contribution in [1.29, 1.82) is 0 Å². The van der Waals surface area contributed by atoms with Crippen LogP contribution in [0.25, 0.3) is 11.6 Å². The molecule has 0 saturated heterocycles. The molecule has 3 aromatic rings. The van der Waals surface area contributed by atoms with Crippen LogP contribution in [-0.2, 0) is 0 Å². The first kappa shape index (κ1) is 19.4. The summed E-state index contributed by atoms with van der Waals surface area (Å²) in [5.74, 6) is 0.660. The molecule has 0 aromatic heterocycles. The standard InChI is InChI=1S/C30H27N/c1-3-28(25-18-17-24-20-22-15-16-23(19-22)29(24)21-25)30(4-2)31(26-11-7-5-8-12-26)27-13-9-6-10-14-27/h3-14,17-18,20-21,23H,1-2,15-16,19H2/b30-28-. The average molecular weight is 402 g/mol. The zero-order valence-corrected chi connectivity index (χ0v) is 17.8. The molecule has 1 unspecified atom stereocenters. The highest BCUT2D eigenvalue weighted by molar-refractivity contribution is 5.86. The van der Waals surface area contributed by atoms with E-state index in [1.165, 1.54) is 36.0 Å². The fraction of sp³-hybridized carbons (Fsp3) is 0.133. The van der Waals surface area contributed by atoms with Crippen molar-refractivity contribution in [3.63, 3.8) is 0 Å². The minimum absolute atomic E-state index is 0.660. The van der Waals surface area contributed by atoms with E-state index in [0.29, 0.717) is 5.92 Å². The van der Waals surface area contributed by atoms with Crippen LogP contribution in [0, 0.1) is 0 Å². The highest BCUT2D eigenvalue weighted by atomic mass is 15.1. The summed E-state index contributed by atoms with van der Waals surface area (Å²) in [6, 6.07) is 27.8. The summed E-state index contributed by atoms with van der Waals surface area (Å²) in [5, 5.41) is 0. The predicted octanol–water partition coefficient (Wildman–Crippen LogP) is 8.27. The molecule has 152 valence electrons. The van der Waals surface area contributed by atoms with Crippen LogP contribution in [0.3, 0.4) is 0 Å². The Kier molecular flexibility index (Phi) is 5.18. The molecule has 1 nitrogen and oxygen atoms in total. The molecule has 3 aromatic carbocycles. The van der Waals surface area contributed by atoms with Crippen LogP contribution in [0.1, 0.15) is 41.9 Å². The van der Waals surface area contributed by atoms with Gasteiger partial charge in [-0.25, -0.2) is 0 Å². The maximum absolute atomic E-state index is 4.20. The SMILES string of the molecule is C=C/C(=C(\C=C)N(c1ccccc1)c1ccccc1)c1ccc2c(c1)C1CCC(=C2)C1. The van der Waals surface area contributed by atoms with E-state index < -0.39 is 0 Å². The lowest BCUT2D eigenvalue weighted by atomic mass is 9.86. The molecule has 2 bridgehead atoms. The van der Waals surface area contributed by atoms with E-state index in [4.69, 9.17) is 0 Å². The van der Waals surface area contributed by atoms with Crippen LogP contribution in [0.2, 0.25) is 0 Å². The maximum Gasteiger partial charge on any atom is 0.0533 e. The molecular weight excluding hydrogens is 374 g/mol. The Balaban J connectivity index is 1.68. The van der Waals surface area contributed by atoms with E-state index in [0.717, 1.165) is 22.6 Å². The minimum Gasteiger partial charge on any atom is -0.310 e. The molecule has 0 N–H and O–H groups in total. The molecule has 1 fully saturated rings. The number of hydrogen-bond donors (Lipinski definition) is 0. The van der Waals surface area contributed by atoms with Crippen LogP contribution < -0.4 is 4.90 Å². The van der Waals surface area contributed by atoms with Crippen molar-refractivity contribution in [1.82, 2.24) is 0 Å². The van der Waals surface area contributed by atoms with Crippen molar-refractivity contribution in [2.45, 2.75) is 25.2 Å². The Morgan fingerprint density at radius 1 is 0.839 bits per heavy atom. The number of allylic oxidation sites excluding steroid dienone is 4. The number of nitrogens with zero attached hydrogens (tertiary/aromatic N) is 1. The van der Waals surface area contributed by atoms with Gasteiger partial charge < -0.3 is 4.90 Å². The number of hydrogen-bond acceptors (Lipinski definition) is 1. The highest BCUT2D eigenvalue weighted by Crippen LogP contribution is 2.45. The van der Waals surface area contributed by atoms with Crippen molar-refractivity contribution in [3.8, 4) is 0 Å². The minimum atomic E-state index is 0.660. The normalized spacial score (nSPS) is 17.3. The second-order valence-corrected chi connectivity index (χ2v) is 8.30. The topological polar surface area (TPSA) is 3.24 Å². The molecule has 0 radical (unpaired) electrons. The Hall–Kier alpha value is -3.58. The lowest BCUT2D eigenvalue weighted by Gasteiger charge is -2.28. The van der Waals surface area contributed by atoms with Gasteiger partial charge in [0.15, 0.2) is 0 Å². The van der Waals surface area contributed by atoms with Crippen LogP contribution in [0.4, 0.5) is 11.4 Å². The number of para-hydroxylation sites is 2. The van der Waals surface area contributed by atoms with Gasteiger partial charge in [-0.2, -0.15) is 0 Å². The highest BCUT2D eigenvalue weighted by Gasteiger charge is 2.27. The Labute approximate surface area is 185 Å². The first-order valence-corrected chi connectivity index (χ1v) is 11.0. The van der Waals surface area contributed by atoms with E-state index >= 15 is 0 Å². The summed E-state index contributed by atoms with van der Waals surface area (Å²) in [7, 11) is 0. The lowest BCUT2D eigenvalue weighted by molar-refractivity contribution is 0.726. The van der Waals surface area contributed by atoms with Gasteiger partial charge in [-0.3, -0.25) is 0 Å². The van der Waals surface area contributed by atoms with Crippen molar-refractivity contribution < 1.29 is 0 Å². The summed E-state index contributed by atoms with van der Waals surface area (Å²) >= 11 is 0. The van der Waals surface area contributed by atoms with E-state index in [1.54, 1.807) is 5.57 Å². The Bertz CT molecular complexity index is 1140. The average Bonchev–Trinajstić information content (AvgIpc) is 3.22. The maximum atomic E-state index is 4.20. The van der Waals surface area contributed by atoms with E-state index in [1.807, 2.05) is 24.3 Å². The lowest BCUT2D eigenvalue weighted by Crippen LogP contribution is -2.16. The van der Waals surface area contributed by atoms with Crippen molar-refractivity contribution >= 4 is 23.0 Å². The molecule has 1 atom stereocenters. The number of rotatable bonds is 6. The Morgan fingerprint density at radius 3 is 2.13 bits per heavy atom. The molecular formula is C30H27N. The first-order chi connectivity index (χ1) is 15.3. The zero-order chi connectivity index (χ0) is 21.2. The Morgan fingerprint density at radius 2 is 1.52 bits per heavy atom. The van der Waals surface area contributed by atoms with Crippen molar-refractivity contribution in [2.75, 3.05) is 4.90 Å². The van der Waals surface area contributed by atoms with E-state index in [9.17, 15) is 0 Å². The van der Waals surface area contributed by atoms with Gasteiger partial charge in [-0.1, -0.05) is 85.5 Å². The number of anilines is 2. The largest absolute Gasteiger partial charge is 0.310 e. The predicted molar refractivity (Wildman–Crippen MR) is 133 cm³/mol.